The maximum atomic E-state index is 10.5. The maximum absolute atomic E-state index is 10.5. The molecule has 31 heavy (non-hydrogen) atoms. The molecule has 4 N–H and O–H groups in total. The Labute approximate surface area is 187 Å². The van der Waals surface area contributed by atoms with Gasteiger partial charge in [-0.25, -0.2) is 0 Å². The average Bonchev–Trinajstić information content (AvgIpc) is 2.76. The van der Waals surface area contributed by atoms with Crippen LogP contribution in [0.5, 0.6) is 23.0 Å². The van der Waals surface area contributed by atoms with Crippen LogP contribution in [-0.4, -0.2) is 20.4 Å². The van der Waals surface area contributed by atoms with Crippen LogP contribution in [0.3, 0.4) is 0 Å². The summed E-state index contributed by atoms with van der Waals surface area (Å²) in [7, 11) is 0. The Bertz CT molecular complexity index is 785. The zero-order chi connectivity index (χ0) is 22.7. The quantitative estimate of drug-likeness (QED) is 0.185. The van der Waals surface area contributed by atoms with Gasteiger partial charge in [-0.15, -0.1) is 0 Å². The van der Waals surface area contributed by atoms with E-state index in [-0.39, 0.29) is 17.2 Å². The van der Waals surface area contributed by atoms with Gasteiger partial charge in [0.1, 0.15) is 5.75 Å². The number of benzene rings is 2. The lowest BCUT2D eigenvalue weighted by Gasteiger charge is -2.32. The van der Waals surface area contributed by atoms with E-state index in [1.807, 2.05) is 19.1 Å². The van der Waals surface area contributed by atoms with Gasteiger partial charge in [0.25, 0.3) is 0 Å². The van der Waals surface area contributed by atoms with Gasteiger partial charge in [0.05, 0.1) is 0 Å². The standard InChI is InChI=1S/C27H40O4/c1-3-4-5-6-7-8-9-10-11-12-13-20-27(2,21-14-16-22(28)17-15-21)23-18-19-24(29)26(31)25(23)30/h14-19,28-31H,3-13,20H2,1-2H3. The molecule has 0 fully saturated rings. The average molecular weight is 429 g/mol. The van der Waals surface area contributed by atoms with Crippen LogP contribution in [0.25, 0.3) is 0 Å². The molecule has 0 spiro atoms. The van der Waals surface area contributed by atoms with E-state index in [0.717, 1.165) is 24.8 Å². The van der Waals surface area contributed by atoms with E-state index in [2.05, 4.69) is 6.92 Å². The van der Waals surface area contributed by atoms with Crippen molar-refractivity contribution in [1.82, 2.24) is 0 Å². The van der Waals surface area contributed by atoms with Gasteiger partial charge in [-0.1, -0.05) is 103 Å². The normalized spacial score (nSPS) is 13.2. The smallest absolute Gasteiger partial charge is 0.200 e. The Morgan fingerprint density at radius 3 is 1.68 bits per heavy atom. The highest BCUT2D eigenvalue weighted by atomic mass is 16.3. The van der Waals surface area contributed by atoms with Gasteiger partial charge in [0, 0.05) is 11.0 Å². The summed E-state index contributed by atoms with van der Waals surface area (Å²) >= 11 is 0. The molecule has 2 aromatic carbocycles. The van der Waals surface area contributed by atoms with E-state index in [4.69, 9.17) is 0 Å². The van der Waals surface area contributed by atoms with E-state index < -0.39 is 11.2 Å². The van der Waals surface area contributed by atoms with Gasteiger partial charge >= 0.3 is 0 Å². The van der Waals surface area contributed by atoms with Crippen molar-refractivity contribution >= 4 is 0 Å². The van der Waals surface area contributed by atoms with Crippen molar-refractivity contribution in [3.8, 4) is 23.0 Å². The lowest BCUT2D eigenvalue weighted by molar-refractivity contribution is 0.355. The monoisotopic (exact) mass is 428 g/mol. The van der Waals surface area contributed by atoms with Crippen LogP contribution in [0.1, 0.15) is 102 Å². The summed E-state index contributed by atoms with van der Waals surface area (Å²) < 4.78 is 0. The van der Waals surface area contributed by atoms with Crippen molar-refractivity contribution in [3.05, 3.63) is 47.5 Å². The molecule has 0 aliphatic rings. The third kappa shape index (κ3) is 7.09. The number of unbranched alkanes of at least 4 members (excludes halogenated alkanes) is 10. The number of rotatable bonds is 14. The molecule has 0 saturated carbocycles. The summed E-state index contributed by atoms with van der Waals surface area (Å²) in [5.74, 6) is -0.900. The van der Waals surface area contributed by atoms with Crippen LogP contribution in [0.4, 0.5) is 0 Å². The van der Waals surface area contributed by atoms with E-state index >= 15 is 0 Å². The van der Waals surface area contributed by atoms with Crippen molar-refractivity contribution in [1.29, 1.82) is 0 Å². The van der Waals surface area contributed by atoms with Crippen LogP contribution in [0, 0.1) is 0 Å². The second kappa shape index (κ2) is 12.5. The molecule has 4 nitrogen and oxygen atoms in total. The Morgan fingerprint density at radius 2 is 1.13 bits per heavy atom. The molecule has 0 bridgehead atoms. The Morgan fingerprint density at radius 1 is 0.613 bits per heavy atom. The Balaban J connectivity index is 1.94. The molecule has 0 aliphatic carbocycles. The summed E-state index contributed by atoms with van der Waals surface area (Å²) in [6.07, 6.45) is 14.7. The number of phenols is 4. The Kier molecular flexibility index (Phi) is 10.0. The summed E-state index contributed by atoms with van der Waals surface area (Å²) in [4.78, 5) is 0. The lowest BCUT2D eigenvalue weighted by Crippen LogP contribution is -2.24. The highest BCUT2D eigenvalue weighted by molar-refractivity contribution is 5.58. The minimum atomic E-state index is -0.539. The van der Waals surface area contributed by atoms with Crippen molar-refractivity contribution in [3.63, 3.8) is 0 Å². The molecule has 0 heterocycles. The first-order valence-electron chi connectivity index (χ1n) is 11.9. The fourth-order valence-electron chi connectivity index (χ4n) is 4.42. The van der Waals surface area contributed by atoms with E-state index in [1.54, 1.807) is 18.2 Å². The molecule has 1 unspecified atom stereocenters. The molecule has 4 heteroatoms. The summed E-state index contributed by atoms with van der Waals surface area (Å²) in [6.45, 7) is 4.29. The maximum Gasteiger partial charge on any atom is 0.200 e. The molecule has 0 saturated heterocycles. The molecule has 0 aromatic heterocycles. The van der Waals surface area contributed by atoms with Crippen molar-refractivity contribution in [2.45, 2.75) is 96.3 Å². The summed E-state index contributed by atoms with van der Waals surface area (Å²) in [5, 5.41) is 40.0. The number of hydrogen-bond donors (Lipinski definition) is 4. The highest BCUT2D eigenvalue weighted by Crippen LogP contribution is 2.47. The van der Waals surface area contributed by atoms with Gasteiger partial charge in [-0.2, -0.15) is 0 Å². The zero-order valence-electron chi connectivity index (χ0n) is 19.2. The van der Waals surface area contributed by atoms with E-state index in [0.29, 0.717) is 5.56 Å². The highest BCUT2D eigenvalue weighted by Gasteiger charge is 2.32. The van der Waals surface area contributed by atoms with Gasteiger partial charge in [0.15, 0.2) is 11.5 Å². The van der Waals surface area contributed by atoms with E-state index in [1.165, 1.54) is 63.9 Å². The van der Waals surface area contributed by atoms with Crippen LogP contribution in [0.15, 0.2) is 36.4 Å². The fourth-order valence-corrected chi connectivity index (χ4v) is 4.42. The van der Waals surface area contributed by atoms with Gasteiger partial charge in [-0.05, 0) is 30.2 Å². The van der Waals surface area contributed by atoms with Crippen molar-refractivity contribution in [2.75, 3.05) is 0 Å². The number of aromatic hydroxyl groups is 4. The molecular weight excluding hydrogens is 388 g/mol. The zero-order valence-corrected chi connectivity index (χ0v) is 19.2. The first-order chi connectivity index (χ1) is 14.9. The topological polar surface area (TPSA) is 80.9 Å². The summed E-state index contributed by atoms with van der Waals surface area (Å²) in [5.41, 5.74) is 1.00. The second-order valence-corrected chi connectivity index (χ2v) is 8.99. The van der Waals surface area contributed by atoms with Gasteiger partial charge in [-0.3, -0.25) is 0 Å². The SMILES string of the molecule is CCCCCCCCCCCCCC(C)(c1ccc(O)cc1)c1ccc(O)c(O)c1O. The minimum Gasteiger partial charge on any atom is -0.508 e. The van der Waals surface area contributed by atoms with Gasteiger partial charge < -0.3 is 20.4 Å². The van der Waals surface area contributed by atoms with Crippen molar-refractivity contribution in [2.24, 2.45) is 0 Å². The fraction of sp³-hybridized carbons (Fsp3) is 0.556. The molecule has 0 aliphatic heterocycles. The number of hydrogen-bond acceptors (Lipinski definition) is 4. The Hall–Kier alpha value is -2.36. The molecule has 172 valence electrons. The van der Waals surface area contributed by atoms with Crippen LogP contribution in [0.2, 0.25) is 0 Å². The van der Waals surface area contributed by atoms with Gasteiger partial charge in [0.2, 0.25) is 5.75 Å². The minimum absolute atomic E-state index is 0.193. The third-order valence-corrected chi connectivity index (χ3v) is 6.51. The van der Waals surface area contributed by atoms with Crippen LogP contribution in [-0.2, 0) is 5.41 Å². The summed E-state index contributed by atoms with van der Waals surface area (Å²) in [6, 6.07) is 10.1. The second-order valence-electron chi connectivity index (χ2n) is 8.99. The van der Waals surface area contributed by atoms with E-state index in [9.17, 15) is 20.4 Å². The molecule has 1 atom stereocenters. The van der Waals surface area contributed by atoms with Crippen LogP contribution < -0.4 is 0 Å². The number of phenolic OH excluding ortho intramolecular Hbond substituents is 4. The first kappa shape index (κ1) is 24.9. The van der Waals surface area contributed by atoms with Crippen molar-refractivity contribution < 1.29 is 20.4 Å². The molecule has 0 amide bonds. The molecule has 2 rings (SSSR count). The third-order valence-electron chi connectivity index (χ3n) is 6.51. The lowest BCUT2D eigenvalue weighted by atomic mass is 9.72. The molecule has 2 aromatic rings. The first-order valence-corrected chi connectivity index (χ1v) is 11.9. The molecular formula is C27H40O4. The predicted molar refractivity (Wildman–Crippen MR) is 127 cm³/mol. The predicted octanol–water partition coefficient (Wildman–Crippen LogP) is 7.52. The van der Waals surface area contributed by atoms with Crippen LogP contribution >= 0.6 is 0 Å². The molecule has 0 radical (unpaired) electrons. The largest absolute Gasteiger partial charge is 0.508 e.